The largest absolute Gasteiger partial charge is 0.391 e. The van der Waals surface area contributed by atoms with E-state index in [1.807, 2.05) is 25.3 Å². The van der Waals surface area contributed by atoms with Gasteiger partial charge in [-0.1, -0.05) is 18.2 Å². The van der Waals surface area contributed by atoms with E-state index in [-0.39, 0.29) is 12.0 Å². The number of para-hydroxylation sites is 1. The molecule has 1 aromatic carbocycles. The molecule has 1 fully saturated rings. The van der Waals surface area contributed by atoms with Crippen LogP contribution in [0, 0.1) is 19.8 Å². The lowest BCUT2D eigenvalue weighted by molar-refractivity contribution is 0.141. The van der Waals surface area contributed by atoms with Crippen molar-refractivity contribution in [3.63, 3.8) is 0 Å². The highest BCUT2D eigenvalue weighted by Crippen LogP contribution is 2.27. The molecule has 5 nitrogen and oxygen atoms in total. The van der Waals surface area contributed by atoms with Crippen LogP contribution in [0.5, 0.6) is 0 Å². The SMILES string of the molecule is Cc1n[nH]c(C)c1CN1C[C@@H](Cc2ccnc3ccccc23)[C@H](O)C1. The first-order chi connectivity index (χ1) is 12.1. The molecule has 1 saturated heterocycles. The summed E-state index contributed by atoms with van der Waals surface area (Å²) in [7, 11) is 0. The minimum Gasteiger partial charge on any atom is -0.391 e. The highest BCUT2D eigenvalue weighted by Gasteiger charge is 2.32. The fraction of sp³-hybridized carbons (Fsp3) is 0.400. The maximum absolute atomic E-state index is 10.6. The van der Waals surface area contributed by atoms with Crippen LogP contribution in [0.1, 0.15) is 22.5 Å². The van der Waals surface area contributed by atoms with Gasteiger partial charge < -0.3 is 5.11 Å². The highest BCUT2D eigenvalue weighted by molar-refractivity contribution is 5.81. The molecule has 0 amide bonds. The number of likely N-dealkylation sites (tertiary alicyclic amines) is 1. The van der Waals surface area contributed by atoms with Gasteiger partial charge in [0.05, 0.1) is 17.3 Å². The van der Waals surface area contributed by atoms with E-state index in [1.165, 1.54) is 16.5 Å². The monoisotopic (exact) mass is 336 g/mol. The molecule has 0 unspecified atom stereocenters. The maximum atomic E-state index is 10.6. The predicted molar refractivity (Wildman–Crippen MR) is 98.3 cm³/mol. The molecule has 25 heavy (non-hydrogen) atoms. The number of H-pyrrole nitrogens is 1. The number of rotatable bonds is 4. The van der Waals surface area contributed by atoms with E-state index in [4.69, 9.17) is 0 Å². The summed E-state index contributed by atoms with van der Waals surface area (Å²) in [6, 6.07) is 10.3. The molecule has 1 aliphatic rings. The third-order valence-corrected chi connectivity index (χ3v) is 5.37. The second-order valence-corrected chi connectivity index (χ2v) is 7.13. The van der Waals surface area contributed by atoms with Gasteiger partial charge in [0.1, 0.15) is 0 Å². The number of fused-ring (bicyclic) bond motifs is 1. The van der Waals surface area contributed by atoms with Crippen LogP contribution in [0.25, 0.3) is 10.9 Å². The van der Waals surface area contributed by atoms with Crippen LogP contribution >= 0.6 is 0 Å². The molecule has 1 aliphatic heterocycles. The van der Waals surface area contributed by atoms with Gasteiger partial charge in [-0.25, -0.2) is 0 Å². The Bertz CT molecular complexity index is 864. The van der Waals surface area contributed by atoms with Crippen LogP contribution in [0.3, 0.4) is 0 Å². The van der Waals surface area contributed by atoms with Gasteiger partial charge in [-0.2, -0.15) is 5.10 Å². The number of benzene rings is 1. The molecule has 0 aliphatic carbocycles. The third kappa shape index (κ3) is 3.17. The number of nitrogens with one attached hydrogen (secondary N) is 1. The molecular weight excluding hydrogens is 312 g/mol. The molecule has 2 atom stereocenters. The fourth-order valence-corrected chi connectivity index (χ4v) is 3.92. The van der Waals surface area contributed by atoms with Gasteiger partial charge in [-0.05, 0) is 38.0 Å². The molecule has 0 bridgehead atoms. The van der Waals surface area contributed by atoms with Crippen molar-refractivity contribution in [2.45, 2.75) is 32.9 Å². The van der Waals surface area contributed by atoms with Gasteiger partial charge in [0, 0.05) is 48.4 Å². The molecule has 2 aromatic heterocycles. The summed E-state index contributed by atoms with van der Waals surface area (Å²) in [5, 5.41) is 19.1. The number of aliphatic hydroxyl groups excluding tert-OH is 1. The zero-order valence-corrected chi connectivity index (χ0v) is 14.7. The Labute approximate surface area is 147 Å². The molecule has 3 aromatic rings. The van der Waals surface area contributed by atoms with Gasteiger partial charge in [0.15, 0.2) is 0 Å². The zero-order valence-electron chi connectivity index (χ0n) is 14.7. The van der Waals surface area contributed by atoms with Crippen molar-refractivity contribution in [1.29, 1.82) is 0 Å². The van der Waals surface area contributed by atoms with Crippen molar-refractivity contribution in [2.75, 3.05) is 13.1 Å². The summed E-state index contributed by atoms with van der Waals surface area (Å²) in [5.74, 6) is 0.248. The van der Waals surface area contributed by atoms with Crippen LogP contribution in [-0.2, 0) is 13.0 Å². The van der Waals surface area contributed by atoms with Gasteiger partial charge >= 0.3 is 0 Å². The number of aromatic amines is 1. The van der Waals surface area contributed by atoms with Crippen LogP contribution in [0.15, 0.2) is 36.5 Å². The van der Waals surface area contributed by atoms with Crippen molar-refractivity contribution in [3.05, 3.63) is 59.0 Å². The van der Waals surface area contributed by atoms with Crippen LogP contribution in [0.4, 0.5) is 0 Å². The van der Waals surface area contributed by atoms with Crippen molar-refractivity contribution in [2.24, 2.45) is 5.92 Å². The standard InChI is InChI=1S/C20H24N4O/c1-13-18(14(2)23-22-13)11-24-10-16(20(25)12-24)9-15-7-8-21-19-6-4-3-5-17(15)19/h3-8,16,20,25H,9-12H2,1-2H3,(H,22,23)/t16-,20-/m1/s1. The zero-order chi connectivity index (χ0) is 17.4. The van der Waals surface area contributed by atoms with E-state index in [0.717, 1.165) is 43.0 Å². The Morgan fingerprint density at radius 2 is 2.04 bits per heavy atom. The highest BCUT2D eigenvalue weighted by atomic mass is 16.3. The molecule has 0 saturated carbocycles. The second kappa shape index (κ2) is 6.58. The van der Waals surface area contributed by atoms with E-state index in [9.17, 15) is 5.11 Å². The number of β-amino-alcohol motifs (C(OH)–C–C–N with tert-alkyl or cyclic N) is 1. The summed E-state index contributed by atoms with van der Waals surface area (Å²) in [5.41, 5.74) is 5.72. The second-order valence-electron chi connectivity index (χ2n) is 7.13. The van der Waals surface area contributed by atoms with E-state index in [0.29, 0.717) is 0 Å². The molecule has 0 spiro atoms. The Balaban J connectivity index is 1.50. The van der Waals surface area contributed by atoms with Gasteiger partial charge in [-0.3, -0.25) is 15.0 Å². The Kier molecular flexibility index (Phi) is 4.27. The molecule has 5 heteroatoms. The first-order valence-electron chi connectivity index (χ1n) is 8.85. The first-order valence-corrected chi connectivity index (χ1v) is 8.85. The normalized spacial score (nSPS) is 21.2. The van der Waals surface area contributed by atoms with Crippen molar-refractivity contribution < 1.29 is 5.11 Å². The number of nitrogens with zero attached hydrogens (tertiary/aromatic N) is 3. The van der Waals surface area contributed by atoms with Crippen molar-refractivity contribution >= 4 is 10.9 Å². The summed E-state index contributed by atoms with van der Waals surface area (Å²) >= 11 is 0. The average Bonchev–Trinajstić information content (AvgIpc) is 3.12. The molecule has 130 valence electrons. The predicted octanol–water partition coefficient (Wildman–Crippen LogP) is 2.61. The van der Waals surface area contributed by atoms with Crippen LogP contribution < -0.4 is 0 Å². The van der Waals surface area contributed by atoms with E-state index in [1.54, 1.807) is 0 Å². The lowest BCUT2D eigenvalue weighted by Crippen LogP contribution is -2.22. The number of aryl methyl sites for hydroxylation is 2. The Hall–Kier alpha value is -2.24. The summed E-state index contributed by atoms with van der Waals surface area (Å²) in [6.45, 7) is 6.56. The quantitative estimate of drug-likeness (QED) is 0.769. The number of hydrogen-bond acceptors (Lipinski definition) is 4. The molecular formula is C20H24N4O. The maximum Gasteiger partial charge on any atom is 0.0710 e. The lowest BCUT2D eigenvalue weighted by Gasteiger charge is -2.16. The topological polar surface area (TPSA) is 65.0 Å². The number of aromatic nitrogens is 3. The van der Waals surface area contributed by atoms with Gasteiger partial charge in [0.2, 0.25) is 0 Å². The molecule has 0 radical (unpaired) electrons. The smallest absolute Gasteiger partial charge is 0.0710 e. The average molecular weight is 336 g/mol. The van der Waals surface area contributed by atoms with E-state index >= 15 is 0 Å². The Morgan fingerprint density at radius 1 is 1.20 bits per heavy atom. The lowest BCUT2D eigenvalue weighted by atomic mass is 9.94. The summed E-state index contributed by atoms with van der Waals surface area (Å²) < 4.78 is 0. The van der Waals surface area contributed by atoms with E-state index in [2.05, 4.69) is 45.2 Å². The molecule has 3 heterocycles. The van der Waals surface area contributed by atoms with Gasteiger partial charge in [0.25, 0.3) is 0 Å². The van der Waals surface area contributed by atoms with Gasteiger partial charge in [-0.15, -0.1) is 0 Å². The fourth-order valence-electron chi connectivity index (χ4n) is 3.92. The Morgan fingerprint density at radius 3 is 2.84 bits per heavy atom. The minimum absolute atomic E-state index is 0.248. The number of aliphatic hydroxyl groups is 1. The minimum atomic E-state index is -0.292. The van der Waals surface area contributed by atoms with Crippen molar-refractivity contribution in [1.82, 2.24) is 20.1 Å². The van der Waals surface area contributed by atoms with Crippen LogP contribution in [0.2, 0.25) is 0 Å². The number of hydrogen-bond donors (Lipinski definition) is 2. The molecule has 4 rings (SSSR count). The van der Waals surface area contributed by atoms with E-state index < -0.39 is 0 Å². The van der Waals surface area contributed by atoms with Crippen LogP contribution in [-0.4, -0.2) is 44.4 Å². The third-order valence-electron chi connectivity index (χ3n) is 5.37. The van der Waals surface area contributed by atoms with Crippen molar-refractivity contribution in [3.8, 4) is 0 Å². The summed E-state index contributed by atoms with van der Waals surface area (Å²) in [4.78, 5) is 6.77. The number of pyridine rings is 1. The summed E-state index contributed by atoms with van der Waals surface area (Å²) in [6.07, 6.45) is 2.46. The first kappa shape index (κ1) is 16.2. The molecule has 2 N–H and O–H groups in total.